The molecule has 0 saturated heterocycles. The Morgan fingerprint density at radius 2 is 1.79 bits per heavy atom. The highest BCUT2D eigenvalue weighted by molar-refractivity contribution is 5.98. The number of ether oxygens (including phenoxy) is 1. The summed E-state index contributed by atoms with van der Waals surface area (Å²) in [5, 5.41) is 12.9. The highest BCUT2D eigenvalue weighted by Gasteiger charge is 2.50. The highest BCUT2D eigenvalue weighted by Crippen LogP contribution is 2.56. The van der Waals surface area contributed by atoms with Crippen molar-refractivity contribution in [2.24, 2.45) is 10.8 Å². The molecule has 3 amide bonds. The van der Waals surface area contributed by atoms with E-state index in [4.69, 9.17) is 4.74 Å². The molecular formula is C28H30N6O5. The first-order valence-electron chi connectivity index (χ1n) is 13.2. The molecule has 3 saturated carbocycles. The summed E-state index contributed by atoms with van der Waals surface area (Å²) >= 11 is 0. The second-order valence-corrected chi connectivity index (χ2v) is 11.0. The number of carbonyl (C=O) groups excluding carboxylic acids is 4. The molecule has 0 spiro atoms. The van der Waals surface area contributed by atoms with Gasteiger partial charge in [0, 0.05) is 30.6 Å². The standard InChI is InChI=1S/C28H30N6O5/c1-17(35)28-8-5-27(6-9-28,7-10-28)16-30-26(38)21-13-20(32-23-4-11-31-34(21)23)25(37)29-14-18-2-3-22-19(12-18)33-24(36)15-39-22/h2-4,11-13H,5-10,14-16H2,1H3,(H,29,37)(H,30,38)(H,33,36). The van der Waals surface area contributed by atoms with Crippen LogP contribution < -0.4 is 20.7 Å². The Morgan fingerprint density at radius 3 is 2.54 bits per heavy atom. The lowest BCUT2D eigenvalue weighted by Crippen LogP contribution is -2.49. The normalized spacial score (nSPS) is 23.5. The summed E-state index contributed by atoms with van der Waals surface area (Å²) in [4.78, 5) is 54.5. The maximum atomic E-state index is 13.3. The van der Waals surface area contributed by atoms with Crippen molar-refractivity contribution in [2.45, 2.75) is 52.0 Å². The first kappa shape index (κ1) is 25.0. The van der Waals surface area contributed by atoms with Gasteiger partial charge in [0.05, 0.1) is 11.9 Å². The van der Waals surface area contributed by atoms with E-state index in [9.17, 15) is 19.2 Å². The third-order valence-corrected chi connectivity index (χ3v) is 8.73. The van der Waals surface area contributed by atoms with Crippen molar-refractivity contribution < 1.29 is 23.9 Å². The van der Waals surface area contributed by atoms with Gasteiger partial charge in [-0.25, -0.2) is 9.50 Å². The fraction of sp³-hybridized carbons (Fsp3) is 0.429. The van der Waals surface area contributed by atoms with Crippen LogP contribution >= 0.6 is 0 Å². The van der Waals surface area contributed by atoms with E-state index in [1.54, 1.807) is 31.2 Å². The number of benzene rings is 1. The van der Waals surface area contributed by atoms with E-state index < -0.39 is 5.91 Å². The first-order chi connectivity index (χ1) is 18.8. The van der Waals surface area contributed by atoms with E-state index in [2.05, 4.69) is 26.0 Å². The quantitative estimate of drug-likeness (QED) is 0.426. The Balaban J connectivity index is 1.14. The Kier molecular flexibility index (Phi) is 6.08. The Morgan fingerprint density at radius 1 is 1.03 bits per heavy atom. The predicted octanol–water partition coefficient (Wildman–Crippen LogP) is 2.65. The van der Waals surface area contributed by atoms with Crippen molar-refractivity contribution in [3.8, 4) is 5.75 Å². The third kappa shape index (κ3) is 4.62. The summed E-state index contributed by atoms with van der Waals surface area (Å²) in [7, 11) is 0. The SMILES string of the molecule is CC(=O)C12CCC(CNC(=O)c3cc(C(=O)NCc4ccc5c(c4)NC(=O)CO5)nc4ccnn34)(CC1)CC2. The number of fused-ring (bicyclic) bond motifs is 5. The number of nitrogens with one attached hydrogen (secondary N) is 3. The molecule has 3 heterocycles. The molecular weight excluding hydrogens is 500 g/mol. The summed E-state index contributed by atoms with van der Waals surface area (Å²) in [5.74, 6) is -0.134. The van der Waals surface area contributed by atoms with Crippen LogP contribution in [0.5, 0.6) is 5.75 Å². The van der Waals surface area contributed by atoms with Gasteiger partial charge in [-0.05, 0) is 68.6 Å². The minimum Gasteiger partial charge on any atom is -0.482 e. The summed E-state index contributed by atoms with van der Waals surface area (Å²) in [6.07, 6.45) is 6.94. The van der Waals surface area contributed by atoms with Crippen LogP contribution in [0.15, 0.2) is 36.5 Å². The zero-order chi connectivity index (χ0) is 27.2. The molecule has 39 heavy (non-hydrogen) atoms. The molecule has 3 N–H and O–H groups in total. The fourth-order valence-electron chi connectivity index (χ4n) is 6.12. The number of ketones is 1. The number of aromatic nitrogens is 3. The third-order valence-electron chi connectivity index (χ3n) is 8.73. The van der Waals surface area contributed by atoms with Crippen LogP contribution in [0.2, 0.25) is 0 Å². The molecule has 0 radical (unpaired) electrons. The number of nitrogens with zero attached hydrogens (tertiary/aromatic N) is 3. The summed E-state index contributed by atoms with van der Waals surface area (Å²) in [5.41, 5.74) is 1.88. The summed E-state index contributed by atoms with van der Waals surface area (Å²) in [6.45, 7) is 2.39. The van der Waals surface area contributed by atoms with E-state index >= 15 is 0 Å². The van der Waals surface area contributed by atoms with Crippen LogP contribution in [0.25, 0.3) is 5.65 Å². The van der Waals surface area contributed by atoms with Gasteiger partial charge in [-0.2, -0.15) is 5.10 Å². The van der Waals surface area contributed by atoms with Gasteiger partial charge in [-0.3, -0.25) is 19.2 Å². The molecule has 1 aromatic carbocycles. The number of rotatable bonds is 7. The monoisotopic (exact) mass is 530 g/mol. The van der Waals surface area contributed by atoms with Crippen LogP contribution in [0.4, 0.5) is 5.69 Å². The average Bonchev–Trinajstić information content (AvgIpc) is 3.44. The lowest BCUT2D eigenvalue weighted by atomic mass is 9.52. The second kappa shape index (κ2) is 9.48. The van der Waals surface area contributed by atoms with Crippen molar-refractivity contribution in [3.05, 3.63) is 53.5 Å². The van der Waals surface area contributed by atoms with Crippen LogP contribution in [-0.4, -0.2) is 51.3 Å². The van der Waals surface area contributed by atoms with Gasteiger partial charge >= 0.3 is 0 Å². The molecule has 4 aliphatic rings. The van der Waals surface area contributed by atoms with E-state index in [1.807, 2.05) is 0 Å². The molecule has 11 heteroatoms. The molecule has 7 rings (SSSR count). The summed E-state index contributed by atoms with van der Waals surface area (Å²) in [6, 6.07) is 8.39. The van der Waals surface area contributed by atoms with Gasteiger partial charge in [0.2, 0.25) is 0 Å². The lowest BCUT2D eigenvalue weighted by Gasteiger charge is -2.52. The van der Waals surface area contributed by atoms with Crippen LogP contribution in [0, 0.1) is 10.8 Å². The number of anilines is 1. The molecule has 0 unspecified atom stereocenters. The van der Waals surface area contributed by atoms with Crippen LogP contribution in [-0.2, 0) is 16.1 Å². The predicted molar refractivity (Wildman–Crippen MR) is 140 cm³/mol. The lowest BCUT2D eigenvalue weighted by molar-refractivity contribution is -0.135. The smallest absolute Gasteiger partial charge is 0.270 e. The van der Waals surface area contributed by atoms with Crippen molar-refractivity contribution >= 4 is 34.8 Å². The molecule has 3 aromatic rings. The molecule has 2 bridgehead atoms. The minimum atomic E-state index is -0.440. The molecule has 0 atom stereocenters. The largest absolute Gasteiger partial charge is 0.482 e. The summed E-state index contributed by atoms with van der Waals surface area (Å²) < 4.78 is 6.80. The van der Waals surface area contributed by atoms with E-state index in [1.165, 1.54) is 16.8 Å². The number of hydrogen-bond acceptors (Lipinski definition) is 7. The Bertz CT molecular complexity index is 1490. The zero-order valence-electron chi connectivity index (χ0n) is 21.7. The van der Waals surface area contributed by atoms with E-state index in [0.29, 0.717) is 23.6 Å². The van der Waals surface area contributed by atoms with Crippen LogP contribution in [0.3, 0.4) is 0 Å². The van der Waals surface area contributed by atoms with Gasteiger partial charge in [0.25, 0.3) is 17.7 Å². The maximum Gasteiger partial charge on any atom is 0.270 e. The van der Waals surface area contributed by atoms with Crippen LogP contribution in [0.1, 0.15) is 72.0 Å². The van der Waals surface area contributed by atoms with Crippen molar-refractivity contribution in [3.63, 3.8) is 0 Å². The van der Waals surface area contributed by atoms with Gasteiger partial charge in [0.15, 0.2) is 12.3 Å². The molecule has 202 valence electrons. The molecule has 11 nitrogen and oxygen atoms in total. The molecule has 3 aliphatic carbocycles. The molecule has 2 aromatic heterocycles. The number of Topliss-reactive ketones (excluding diaryl/α,β-unsaturated/α-hetero) is 1. The second-order valence-electron chi connectivity index (χ2n) is 11.0. The first-order valence-corrected chi connectivity index (χ1v) is 13.2. The van der Waals surface area contributed by atoms with Gasteiger partial charge in [0.1, 0.15) is 22.9 Å². The maximum absolute atomic E-state index is 13.3. The molecule has 1 aliphatic heterocycles. The Hall–Kier alpha value is -4.28. The molecule has 3 fully saturated rings. The number of carbonyl (C=O) groups is 4. The van der Waals surface area contributed by atoms with Gasteiger partial charge in [-0.1, -0.05) is 6.07 Å². The minimum absolute atomic E-state index is 0.00269. The highest BCUT2D eigenvalue weighted by atomic mass is 16.5. The van der Waals surface area contributed by atoms with Crippen molar-refractivity contribution in [1.82, 2.24) is 25.2 Å². The van der Waals surface area contributed by atoms with Crippen molar-refractivity contribution in [1.29, 1.82) is 0 Å². The van der Waals surface area contributed by atoms with Crippen molar-refractivity contribution in [2.75, 3.05) is 18.5 Å². The topological polar surface area (TPSA) is 144 Å². The van der Waals surface area contributed by atoms with E-state index in [-0.39, 0.29) is 53.0 Å². The zero-order valence-corrected chi connectivity index (χ0v) is 21.7. The van der Waals surface area contributed by atoms with Gasteiger partial charge in [-0.15, -0.1) is 0 Å². The Labute approximate surface area is 224 Å². The fourth-order valence-corrected chi connectivity index (χ4v) is 6.12. The van der Waals surface area contributed by atoms with Gasteiger partial charge < -0.3 is 20.7 Å². The van der Waals surface area contributed by atoms with E-state index in [0.717, 1.165) is 44.1 Å². The number of hydrogen-bond donors (Lipinski definition) is 3. The average molecular weight is 531 g/mol. The number of amides is 3.